The third-order valence-electron chi connectivity index (χ3n) is 2.56. The Morgan fingerprint density at radius 3 is 3.21 bits per heavy atom. The first-order valence-electron chi connectivity index (χ1n) is 4.71. The Balaban J connectivity index is 2.39. The maximum absolute atomic E-state index is 11.7. The van der Waals surface area contributed by atoms with E-state index >= 15 is 0 Å². The van der Waals surface area contributed by atoms with Gasteiger partial charge in [-0.3, -0.25) is 9.20 Å². The van der Waals surface area contributed by atoms with Crippen LogP contribution in [0.4, 0.5) is 0 Å². The molecule has 0 unspecified atom stereocenters. The van der Waals surface area contributed by atoms with Crippen LogP contribution in [0.2, 0.25) is 0 Å². The number of imidazole rings is 1. The van der Waals surface area contributed by atoms with Gasteiger partial charge in [-0.1, -0.05) is 0 Å². The van der Waals surface area contributed by atoms with E-state index in [1.54, 1.807) is 10.6 Å². The second-order valence-corrected chi connectivity index (χ2v) is 3.47. The topological polar surface area (TPSA) is 47.3 Å². The molecule has 0 fully saturated rings. The number of aromatic nitrogens is 3. The molecular weight excluding hydrogens is 178 g/mol. The van der Waals surface area contributed by atoms with Crippen molar-refractivity contribution in [1.29, 1.82) is 0 Å². The molecule has 0 aromatic carbocycles. The molecule has 0 spiro atoms. The van der Waals surface area contributed by atoms with Gasteiger partial charge in [0.05, 0.1) is 5.69 Å². The summed E-state index contributed by atoms with van der Waals surface area (Å²) in [6.07, 6.45) is 5.98. The molecular formula is C10H9N3O. The monoisotopic (exact) mass is 187 g/mol. The van der Waals surface area contributed by atoms with Crippen LogP contribution in [0.3, 0.4) is 0 Å². The fraction of sp³-hybridized carbons (Fsp3) is 0.300. The van der Waals surface area contributed by atoms with E-state index in [0.717, 1.165) is 24.2 Å². The predicted octanol–water partition coefficient (Wildman–Crippen LogP) is 1.25. The zero-order valence-electron chi connectivity index (χ0n) is 7.60. The van der Waals surface area contributed by atoms with E-state index < -0.39 is 0 Å². The van der Waals surface area contributed by atoms with Crippen molar-refractivity contribution in [1.82, 2.24) is 14.4 Å². The van der Waals surface area contributed by atoms with E-state index in [1.165, 1.54) is 0 Å². The Hall–Kier alpha value is -1.71. The van der Waals surface area contributed by atoms with Crippen LogP contribution in [-0.4, -0.2) is 20.2 Å². The summed E-state index contributed by atoms with van der Waals surface area (Å²) in [5.74, 6) is 0.819. The minimum absolute atomic E-state index is 0.187. The molecule has 3 rings (SSSR count). The van der Waals surface area contributed by atoms with Gasteiger partial charge in [0.1, 0.15) is 5.69 Å². The molecule has 4 heteroatoms. The van der Waals surface area contributed by atoms with Crippen molar-refractivity contribution in [3.05, 3.63) is 29.8 Å². The van der Waals surface area contributed by atoms with Gasteiger partial charge in [-0.2, -0.15) is 0 Å². The van der Waals surface area contributed by atoms with Gasteiger partial charge in [-0.15, -0.1) is 0 Å². The van der Waals surface area contributed by atoms with Crippen LogP contribution in [0.5, 0.6) is 0 Å². The average Bonchev–Trinajstić information content (AvgIpc) is 2.57. The van der Waals surface area contributed by atoms with Gasteiger partial charge in [0.15, 0.2) is 5.78 Å². The maximum atomic E-state index is 11.7. The van der Waals surface area contributed by atoms with Gasteiger partial charge in [0.2, 0.25) is 5.78 Å². The quantitative estimate of drug-likeness (QED) is 0.623. The molecule has 1 aliphatic carbocycles. The van der Waals surface area contributed by atoms with Crippen LogP contribution >= 0.6 is 0 Å². The summed E-state index contributed by atoms with van der Waals surface area (Å²) in [5.41, 5.74) is 1.64. The van der Waals surface area contributed by atoms with E-state index in [0.29, 0.717) is 12.2 Å². The highest BCUT2D eigenvalue weighted by molar-refractivity contribution is 5.97. The number of hydrogen-bond donors (Lipinski definition) is 0. The Morgan fingerprint density at radius 1 is 1.36 bits per heavy atom. The number of aryl methyl sites for hydroxylation is 1. The van der Waals surface area contributed by atoms with Gasteiger partial charge in [0, 0.05) is 18.8 Å². The molecule has 0 saturated carbocycles. The summed E-state index contributed by atoms with van der Waals surface area (Å²) < 4.78 is 1.79. The summed E-state index contributed by atoms with van der Waals surface area (Å²) in [7, 11) is 0. The lowest BCUT2D eigenvalue weighted by Crippen LogP contribution is -2.12. The zero-order chi connectivity index (χ0) is 9.54. The average molecular weight is 187 g/mol. The van der Waals surface area contributed by atoms with E-state index in [1.807, 2.05) is 12.3 Å². The highest BCUT2D eigenvalue weighted by atomic mass is 16.1. The number of nitrogens with zero attached hydrogens (tertiary/aromatic N) is 3. The Bertz CT molecular complexity index is 515. The standard InChI is InChI=1S/C10H9N3O/c14-8-4-1-3-7-9(8)13-6-2-5-11-10(13)12-7/h2,5-6H,1,3-4H2. The van der Waals surface area contributed by atoms with E-state index in [2.05, 4.69) is 9.97 Å². The molecule has 0 aliphatic heterocycles. The molecule has 0 bridgehead atoms. The van der Waals surface area contributed by atoms with Crippen molar-refractivity contribution in [2.45, 2.75) is 19.3 Å². The molecule has 70 valence electrons. The minimum Gasteiger partial charge on any atom is -0.292 e. The second-order valence-electron chi connectivity index (χ2n) is 3.47. The fourth-order valence-corrected chi connectivity index (χ4v) is 1.94. The van der Waals surface area contributed by atoms with Crippen LogP contribution in [0, 0.1) is 0 Å². The number of carbonyl (C=O) groups excluding carboxylic acids is 1. The van der Waals surface area contributed by atoms with Gasteiger partial charge in [0.25, 0.3) is 0 Å². The number of Topliss-reactive ketones (excluding diaryl/α,β-unsaturated/α-hetero) is 1. The number of hydrogen-bond acceptors (Lipinski definition) is 3. The molecule has 2 aromatic heterocycles. The summed E-state index contributed by atoms with van der Waals surface area (Å²) in [6, 6.07) is 1.82. The molecule has 1 aliphatic rings. The van der Waals surface area contributed by atoms with E-state index in [-0.39, 0.29) is 5.78 Å². The minimum atomic E-state index is 0.187. The third kappa shape index (κ3) is 0.907. The first-order chi connectivity index (χ1) is 6.86. The maximum Gasteiger partial charge on any atom is 0.234 e. The van der Waals surface area contributed by atoms with Crippen LogP contribution in [0.15, 0.2) is 18.5 Å². The highest BCUT2D eigenvalue weighted by Crippen LogP contribution is 2.20. The zero-order valence-corrected chi connectivity index (χ0v) is 7.60. The van der Waals surface area contributed by atoms with Gasteiger partial charge >= 0.3 is 0 Å². The number of carbonyl (C=O) groups is 1. The van der Waals surface area contributed by atoms with Crippen LogP contribution in [0.25, 0.3) is 5.78 Å². The molecule has 2 aromatic rings. The van der Waals surface area contributed by atoms with Crippen molar-refractivity contribution >= 4 is 11.6 Å². The first kappa shape index (κ1) is 7.67. The lowest BCUT2D eigenvalue weighted by Gasteiger charge is -2.08. The van der Waals surface area contributed by atoms with Crippen molar-refractivity contribution in [3.63, 3.8) is 0 Å². The fourth-order valence-electron chi connectivity index (χ4n) is 1.94. The Kier molecular flexibility index (Phi) is 1.45. The molecule has 0 saturated heterocycles. The van der Waals surface area contributed by atoms with E-state index in [4.69, 9.17) is 0 Å². The second kappa shape index (κ2) is 2.64. The largest absolute Gasteiger partial charge is 0.292 e. The van der Waals surface area contributed by atoms with Gasteiger partial charge in [-0.25, -0.2) is 9.97 Å². The molecule has 0 N–H and O–H groups in total. The normalized spacial score (nSPS) is 15.9. The number of rotatable bonds is 0. The SMILES string of the molecule is O=C1CCCc2nc3ncccn3c21. The van der Waals surface area contributed by atoms with Crippen LogP contribution < -0.4 is 0 Å². The van der Waals surface area contributed by atoms with Crippen molar-refractivity contribution < 1.29 is 4.79 Å². The molecule has 0 amide bonds. The van der Waals surface area contributed by atoms with Gasteiger partial charge in [-0.05, 0) is 18.9 Å². The lowest BCUT2D eigenvalue weighted by molar-refractivity contribution is 0.0966. The van der Waals surface area contributed by atoms with Crippen molar-refractivity contribution in [2.24, 2.45) is 0 Å². The third-order valence-corrected chi connectivity index (χ3v) is 2.56. The summed E-state index contributed by atoms with van der Waals surface area (Å²) in [5, 5.41) is 0. The molecule has 2 heterocycles. The van der Waals surface area contributed by atoms with Crippen LogP contribution in [-0.2, 0) is 6.42 Å². The van der Waals surface area contributed by atoms with Gasteiger partial charge < -0.3 is 0 Å². The summed E-state index contributed by atoms with van der Waals surface area (Å²) in [6.45, 7) is 0. The highest BCUT2D eigenvalue weighted by Gasteiger charge is 2.22. The molecule has 14 heavy (non-hydrogen) atoms. The predicted molar refractivity (Wildman–Crippen MR) is 50.3 cm³/mol. The summed E-state index contributed by atoms with van der Waals surface area (Å²) >= 11 is 0. The number of ketones is 1. The Morgan fingerprint density at radius 2 is 2.29 bits per heavy atom. The Labute approximate surface area is 80.6 Å². The molecule has 0 radical (unpaired) electrons. The van der Waals surface area contributed by atoms with Crippen molar-refractivity contribution in [2.75, 3.05) is 0 Å². The first-order valence-corrected chi connectivity index (χ1v) is 4.71. The molecule has 0 atom stereocenters. The smallest absolute Gasteiger partial charge is 0.234 e. The summed E-state index contributed by atoms with van der Waals surface area (Å²) in [4.78, 5) is 20.1. The van der Waals surface area contributed by atoms with E-state index in [9.17, 15) is 4.79 Å². The van der Waals surface area contributed by atoms with Crippen LogP contribution in [0.1, 0.15) is 29.0 Å². The van der Waals surface area contributed by atoms with Crippen molar-refractivity contribution in [3.8, 4) is 0 Å². The lowest BCUT2D eigenvalue weighted by atomic mass is 10.00. The number of fused-ring (bicyclic) bond motifs is 3. The molecule has 4 nitrogen and oxygen atoms in total.